The molecule has 0 saturated carbocycles. The third-order valence-corrected chi connectivity index (χ3v) is 6.84. The quantitative estimate of drug-likeness (QED) is 0.563. The number of benzene rings is 2. The van der Waals surface area contributed by atoms with Crippen molar-refractivity contribution in [3.8, 4) is 11.3 Å². The van der Waals surface area contributed by atoms with Crippen molar-refractivity contribution in [3.05, 3.63) is 71.4 Å². The molecule has 33 heavy (non-hydrogen) atoms. The lowest BCUT2D eigenvalue weighted by Gasteiger charge is -2.36. The smallest absolute Gasteiger partial charge is 0.253 e. The highest BCUT2D eigenvalue weighted by molar-refractivity contribution is 6.30. The van der Waals surface area contributed by atoms with Gasteiger partial charge in [-0.15, -0.1) is 0 Å². The zero-order valence-electron chi connectivity index (χ0n) is 18.6. The number of nitrogens with one attached hydrogen (secondary N) is 1. The van der Waals surface area contributed by atoms with Crippen LogP contribution >= 0.6 is 11.6 Å². The summed E-state index contributed by atoms with van der Waals surface area (Å²) >= 11 is 5.98. The summed E-state index contributed by atoms with van der Waals surface area (Å²) in [4.78, 5) is 26.5. The number of rotatable bonds is 5. The molecule has 3 aromatic rings. The Morgan fingerprint density at radius 3 is 2.30 bits per heavy atom. The number of aromatic nitrogens is 2. The number of piperidine rings is 1. The van der Waals surface area contributed by atoms with Crippen LogP contribution in [0.15, 0.2) is 60.8 Å². The minimum absolute atomic E-state index is 0.113. The van der Waals surface area contributed by atoms with Crippen LogP contribution in [0.25, 0.3) is 11.3 Å². The molecule has 0 bridgehead atoms. The highest BCUT2D eigenvalue weighted by atomic mass is 35.5. The van der Waals surface area contributed by atoms with Crippen LogP contribution in [0.1, 0.15) is 36.0 Å². The molecule has 0 atom stereocenters. The summed E-state index contributed by atoms with van der Waals surface area (Å²) in [5.41, 5.74) is 3.34. The molecule has 2 aromatic carbocycles. The number of carbonyl (C=O) groups is 1. The molecule has 0 aliphatic carbocycles. The Bertz CT molecular complexity index is 1090. The Morgan fingerprint density at radius 2 is 1.61 bits per heavy atom. The van der Waals surface area contributed by atoms with Crippen molar-refractivity contribution in [2.45, 2.75) is 31.7 Å². The Hall–Kier alpha value is -2.96. The van der Waals surface area contributed by atoms with Crippen molar-refractivity contribution >= 4 is 29.1 Å². The van der Waals surface area contributed by atoms with Gasteiger partial charge in [-0.05, 0) is 81.2 Å². The Balaban J connectivity index is 1.20. The molecule has 0 unspecified atom stereocenters. The zero-order valence-corrected chi connectivity index (χ0v) is 19.3. The molecular weight excluding hydrogens is 434 g/mol. The van der Waals surface area contributed by atoms with E-state index in [9.17, 15) is 4.79 Å². The van der Waals surface area contributed by atoms with Gasteiger partial charge in [-0.3, -0.25) is 4.79 Å². The Labute approximate surface area is 199 Å². The lowest BCUT2D eigenvalue weighted by Crippen LogP contribution is -2.45. The van der Waals surface area contributed by atoms with Crippen LogP contribution in [0.3, 0.4) is 0 Å². The lowest BCUT2D eigenvalue weighted by atomic mass is 10.0. The molecule has 1 aromatic heterocycles. The predicted molar refractivity (Wildman–Crippen MR) is 132 cm³/mol. The zero-order chi connectivity index (χ0) is 22.6. The molecular formula is C26H28ClN5O. The van der Waals surface area contributed by atoms with Gasteiger partial charge in [0, 0.05) is 47.2 Å². The summed E-state index contributed by atoms with van der Waals surface area (Å²) in [6, 6.07) is 17.6. The standard InChI is InChI=1S/C26H28ClN5O/c27-21-7-3-19(4-8-21)24-11-14-28-26(30-24)29-22-9-5-20(6-10-22)25(33)32-17-12-23(13-18-32)31-15-1-2-16-31/h3-11,14,23H,1-2,12-13,15-18H2,(H,28,29,30). The fourth-order valence-electron chi connectivity index (χ4n) is 4.75. The van der Waals surface area contributed by atoms with Crippen molar-refractivity contribution in [1.29, 1.82) is 0 Å². The van der Waals surface area contributed by atoms with Crippen molar-refractivity contribution < 1.29 is 4.79 Å². The third-order valence-electron chi connectivity index (χ3n) is 6.59. The van der Waals surface area contributed by atoms with Gasteiger partial charge in [-0.25, -0.2) is 9.97 Å². The van der Waals surface area contributed by atoms with Crippen LogP contribution in [0, 0.1) is 0 Å². The summed E-state index contributed by atoms with van der Waals surface area (Å²) in [6.45, 7) is 4.12. The van der Waals surface area contributed by atoms with Crippen LogP contribution in [-0.2, 0) is 0 Å². The van der Waals surface area contributed by atoms with Crippen LogP contribution in [0.5, 0.6) is 0 Å². The molecule has 0 radical (unpaired) electrons. The van der Waals surface area contributed by atoms with Crippen LogP contribution in [0.2, 0.25) is 5.02 Å². The topological polar surface area (TPSA) is 61.4 Å². The number of carbonyl (C=O) groups excluding carboxylic acids is 1. The van der Waals surface area contributed by atoms with Gasteiger partial charge in [0.1, 0.15) is 0 Å². The maximum Gasteiger partial charge on any atom is 0.253 e. The average molecular weight is 462 g/mol. The molecule has 2 aliphatic heterocycles. The molecule has 170 valence electrons. The minimum atomic E-state index is 0.113. The molecule has 5 rings (SSSR count). The summed E-state index contributed by atoms with van der Waals surface area (Å²) in [6.07, 6.45) is 6.51. The van der Waals surface area contributed by atoms with E-state index < -0.39 is 0 Å². The van der Waals surface area contributed by atoms with Crippen molar-refractivity contribution in [1.82, 2.24) is 19.8 Å². The van der Waals surface area contributed by atoms with Crippen molar-refractivity contribution in [3.63, 3.8) is 0 Å². The van der Waals surface area contributed by atoms with E-state index in [1.807, 2.05) is 59.5 Å². The van der Waals surface area contributed by atoms with Gasteiger partial charge in [0.15, 0.2) is 0 Å². The maximum absolute atomic E-state index is 13.0. The first kappa shape index (κ1) is 21.9. The number of anilines is 2. The second-order valence-electron chi connectivity index (χ2n) is 8.74. The number of halogens is 1. The lowest BCUT2D eigenvalue weighted by molar-refractivity contribution is 0.0644. The van der Waals surface area contributed by atoms with Crippen LogP contribution in [0.4, 0.5) is 11.6 Å². The molecule has 3 heterocycles. The van der Waals surface area contributed by atoms with E-state index in [-0.39, 0.29) is 5.91 Å². The van der Waals surface area contributed by atoms with Gasteiger partial charge < -0.3 is 15.1 Å². The minimum Gasteiger partial charge on any atom is -0.339 e. The number of hydrogen-bond acceptors (Lipinski definition) is 5. The van der Waals surface area contributed by atoms with E-state index in [1.54, 1.807) is 6.20 Å². The summed E-state index contributed by atoms with van der Waals surface area (Å²) in [5, 5.41) is 3.92. The van der Waals surface area contributed by atoms with E-state index >= 15 is 0 Å². The first-order chi connectivity index (χ1) is 16.2. The molecule has 2 aliphatic rings. The molecule has 1 amide bonds. The molecule has 0 spiro atoms. The van der Waals surface area contributed by atoms with E-state index in [2.05, 4.69) is 20.2 Å². The number of nitrogens with zero attached hydrogens (tertiary/aromatic N) is 4. The monoisotopic (exact) mass is 461 g/mol. The van der Waals surface area contributed by atoms with Crippen molar-refractivity contribution in [2.24, 2.45) is 0 Å². The molecule has 2 fully saturated rings. The number of likely N-dealkylation sites (tertiary alicyclic amines) is 2. The van der Waals surface area contributed by atoms with Gasteiger partial charge in [-0.2, -0.15) is 0 Å². The molecule has 7 heteroatoms. The van der Waals surface area contributed by atoms with Gasteiger partial charge in [-0.1, -0.05) is 23.7 Å². The third kappa shape index (κ3) is 5.18. The first-order valence-corrected chi connectivity index (χ1v) is 12.0. The number of amides is 1. The van der Waals surface area contributed by atoms with E-state index in [4.69, 9.17) is 11.6 Å². The van der Waals surface area contributed by atoms with Gasteiger partial charge in [0.25, 0.3) is 5.91 Å². The largest absolute Gasteiger partial charge is 0.339 e. The van der Waals surface area contributed by atoms with Gasteiger partial charge in [0.2, 0.25) is 5.95 Å². The van der Waals surface area contributed by atoms with Gasteiger partial charge in [0.05, 0.1) is 5.69 Å². The molecule has 2 saturated heterocycles. The maximum atomic E-state index is 13.0. The highest BCUT2D eigenvalue weighted by Gasteiger charge is 2.28. The van der Waals surface area contributed by atoms with Crippen LogP contribution in [-0.4, -0.2) is 57.9 Å². The first-order valence-electron chi connectivity index (χ1n) is 11.7. The normalized spacial score (nSPS) is 17.3. The van der Waals surface area contributed by atoms with E-state index in [0.29, 0.717) is 17.0 Å². The highest BCUT2D eigenvalue weighted by Crippen LogP contribution is 2.24. The summed E-state index contributed by atoms with van der Waals surface area (Å²) in [7, 11) is 0. The Kier molecular flexibility index (Phi) is 6.55. The van der Waals surface area contributed by atoms with Gasteiger partial charge >= 0.3 is 0 Å². The second kappa shape index (κ2) is 9.89. The Morgan fingerprint density at radius 1 is 0.909 bits per heavy atom. The van der Waals surface area contributed by atoms with Crippen LogP contribution < -0.4 is 5.32 Å². The van der Waals surface area contributed by atoms with E-state index in [1.165, 1.54) is 25.9 Å². The number of hydrogen-bond donors (Lipinski definition) is 1. The predicted octanol–water partition coefficient (Wildman–Crippen LogP) is 5.24. The van der Waals surface area contributed by atoms with Crippen molar-refractivity contribution in [2.75, 3.05) is 31.5 Å². The molecule has 1 N–H and O–H groups in total. The fraction of sp³-hybridized carbons (Fsp3) is 0.346. The summed E-state index contributed by atoms with van der Waals surface area (Å²) < 4.78 is 0. The SMILES string of the molecule is O=C(c1ccc(Nc2nccc(-c3ccc(Cl)cc3)n2)cc1)N1CCC(N2CCCC2)CC1. The summed E-state index contributed by atoms with van der Waals surface area (Å²) in [5.74, 6) is 0.618. The fourth-order valence-corrected chi connectivity index (χ4v) is 4.87. The average Bonchev–Trinajstić information content (AvgIpc) is 3.40. The molecule has 6 nitrogen and oxygen atoms in total. The van der Waals surface area contributed by atoms with E-state index in [0.717, 1.165) is 48.4 Å². The second-order valence-corrected chi connectivity index (χ2v) is 9.18.